The molecule has 1 atom stereocenters. The smallest absolute Gasteiger partial charge is 0.0992 e. The van der Waals surface area contributed by atoms with Crippen LogP contribution in [0.1, 0.15) is 31.7 Å². The molecule has 3 heteroatoms. The first kappa shape index (κ1) is 12.9. The van der Waals surface area contributed by atoms with Crippen LogP contribution in [-0.2, 0) is 0 Å². The van der Waals surface area contributed by atoms with E-state index >= 15 is 0 Å². The number of nitrogens with zero attached hydrogens (tertiary/aromatic N) is 2. The number of nitrogens with one attached hydrogen (secondary N) is 1. The summed E-state index contributed by atoms with van der Waals surface area (Å²) in [7, 11) is 0. The van der Waals surface area contributed by atoms with Gasteiger partial charge in [0.05, 0.1) is 11.6 Å². The third kappa shape index (κ3) is 3.48. The summed E-state index contributed by atoms with van der Waals surface area (Å²) in [5.41, 5.74) is 1.75. The van der Waals surface area contributed by atoms with Gasteiger partial charge in [-0.05, 0) is 51.1 Å². The molecule has 1 aromatic carbocycles. The highest BCUT2D eigenvalue weighted by molar-refractivity contribution is 5.49. The van der Waals surface area contributed by atoms with Gasteiger partial charge in [0.1, 0.15) is 0 Å². The predicted octanol–water partition coefficient (Wildman–Crippen LogP) is 2.84. The minimum absolute atomic E-state index is 0.552. The molecule has 0 saturated carbocycles. The second-order valence-electron chi connectivity index (χ2n) is 5.02. The van der Waals surface area contributed by atoms with Crippen LogP contribution >= 0.6 is 0 Å². The predicted molar refractivity (Wildman–Crippen MR) is 74.5 cm³/mol. The zero-order valence-electron chi connectivity index (χ0n) is 11.0. The van der Waals surface area contributed by atoms with E-state index in [2.05, 4.69) is 23.2 Å². The van der Waals surface area contributed by atoms with Crippen LogP contribution in [0.25, 0.3) is 0 Å². The van der Waals surface area contributed by atoms with Crippen LogP contribution in [0.15, 0.2) is 24.3 Å². The van der Waals surface area contributed by atoms with Crippen molar-refractivity contribution in [2.75, 3.05) is 25.0 Å². The minimum atomic E-state index is 0.552. The Kier molecular flexibility index (Phi) is 4.60. The van der Waals surface area contributed by atoms with Crippen LogP contribution in [0, 0.1) is 11.3 Å². The third-order valence-electron chi connectivity index (χ3n) is 3.61. The molecule has 0 aromatic heterocycles. The van der Waals surface area contributed by atoms with Gasteiger partial charge in [-0.3, -0.25) is 4.90 Å². The number of rotatable bonds is 4. The Morgan fingerprint density at radius 2 is 2.11 bits per heavy atom. The molecule has 0 amide bonds. The van der Waals surface area contributed by atoms with Crippen molar-refractivity contribution in [2.45, 2.75) is 32.2 Å². The molecule has 2 rings (SSSR count). The fraction of sp³-hybridized carbons (Fsp3) is 0.533. The maximum Gasteiger partial charge on any atom is 0.0992 e. The van der Waals surface area contributed by atoms with Gasteiger partial charge in [-0.2, -0.15) is 5.26 Å². The molecule has 0 radical (unpaired) electrons. The monoisotopic (exact) mass is 243 g/mol. The van der Waals surface area contributed by atoms with Crippen molar-refractivity contribution < 1.29 is 0 Å². The second-order valence-corrected chi connectivity index (χ2v) is 5.02. The molecular formula is C15H21N3. The first-order valence-electron chi connectivity index (χ1n) is 6.77. The van der Waals surface area contributed by atoms with Crippen LogP contribution in [0.5, 0.6) is 0 Å². The second kappa shape index (κ2) is 6.42. The van der Waals surface area contributed by atoms with Gasteiger partial charge in [-0.25, -0.2) is 0 Å². The van der Waals surface area contributed by atoms with Gasteiger partial charge in [0.2, 0.25) is 0 Å². The summed E-state index contributed by atoms with van der Waals surface area (Å²) in [5.74, 6) is 0. The molecule has 1 unspecified atom stereocenters. The zero-order valence-corrected chi connectivity index (χ0v) is 11.0. The Labute approximate surface area is 109 Å². The van der Waals surface area contributed by atoms with Crippen molar-refractivity contribution in [2.24, 2.45) is 0 Å². The standard InChI is InChI=1S/C15H21N3/c1-13(18-8-3-2-4-9-18)12-17-15-7-5-6-14(10-15)11-16/h5-7,10,13,17H,2-4,8-9,12H2,1H3. The average molecular weight is 243 g/mol. The Hall–Kier alpha value is -1.53. The number of likely N-dealkylation sites (tertiary alicyclic amines) is 1. The summed E-state index contributed by atoms with van der Waals surface area (Å²) in [4.78, 5) is 2.55. The minimum Gasteiger partial charge on any atom is -0.383 e. The molecule has 1 aromatic rings. The summed E-state index contributed by atoms with van der Waals surface area (Å²) in [6.45, 7) is 5.66. The molecule has 96 valence electrons. The van der Waals surface area contributed by atoms with E-state index in [1.807, 2.05) is 24.3 Å². The number of hydrogen-bond acceptors (Lipinski definition) is 3. The van der Waals surface area contributed by atoms with E-state index in [1.54, 1.807) is 0 Å². The highest BCUT2D eigenvalue weighted by atomic mass is 15.2. The SMILES string of the molecule is CC(CNc1cccc(C#N)c1)N1CCCCC1. The topological polar surface area (TPSA) is 39.1 Å². The lowest BCUT2D eigenvalue weighted by Crippen LogP contribution is -2.41. The number of anilines is 1. The van der Waals surface area contributed by atoms with Gasteiger partial charge in [-0.1, -0.05) is 12.5 Å². The molecule has 1 fully saturated rings. The zero-order chi connectivity index (χ0) is 12.8. The van der Waals surface area contributed by atoms with Gasteiger partial charge >= 0.3 is 0 Å². The van der Waals surface area contributed by atoms with E-state index < -0.39 is 0 Å². The van der Waals surface area contributed by atoms with E-state index in [-0.39, 0.29) is 0 Å². The van der Waals surface area contributed by atoms with Gasteiger partial charge < -0.3 is 5.32 Å². The molecule has 1 aliphatic heterocycles. The Morgan fingerprint density at radius 3 is 2.83 bits per heavy atom. The van der Waals surface area contributed by atoms with Crippen LogP contribution < -0.4 is 5.32 Å². The molecule has 1 saturated heterocycles. The lowest BCUT2D eigenvalue weighted by Gasteiger charge is -2.32. The highest BCUT2D eigenvalue weighted by Gasteiger charge is 2.15. The highest BCUT2D eigenvalue weighted by Crippen LogP contribution is 2.14. The van der Waals surface area contributed by atoms with Gasteiger partial charge in [0, 0.05) is 18.3 Å². The average Bonchev–Trinajstić information content (AvgIpc) is 2.46. The quantitative estimate of drug-likeness (QED) is 0.883. The van der Waals surface area contributed by atoms with E-state index in [0.29, 0.717) is 11.6 Å². The molecule has 1 aliphatic rings. The Bertz CT molecular complexity index is 416. The summed E-state index contributed by atoms with van der Waals surface area (Å²) >= 11 is 0. The lowest BCUT2D eigenvalue weighted by molar-refractivity contribution is 0.180. The normalized spacial score (nSPS) is 18.0. The van der Waals surface area contributed by atoms with Crippen LogP contribution in [-0.4, -0.2) is 30.6 Å². The molecule has 0 bridgehead atoms. The van der Waals surface area contributed by atoms with E-state index in [4.69, 9.17) is 5.26 Å². The van der Waals surface area contributed by atoms with Crippen molar-refractivity contribution in [3.63, 3.8) is 0 Å². The molecular weight excluding hydrogens is 222 g/mol. The molecule has 18 heavy (non-hydrogen) atoms. The van der Waals surface area contributed by atoms with Crippen molar-refractivity contribution in [1.29, 1.82) is 5.26 Å². The van der Waals surface area contributed by atoms with Crippen molar-refractivity contribution in [3.8, 4) is 6.07 Å². The Balaban J connectivity index is 1.84. The first-order valence-corrected chi connectivity index (χ1v) is 6.77. The van der Waals surface area contributed by atoms with E-state index in [9.17, 15) is 0 Å². The summed E-state index contributed by atoms with van der Waals surface area (Å²) in [6, 6.07) is 10.4. The number of piperidine rings is 1. The first-order chi connectivity index (χ1) is 8.79. The van der Waals surface area contributed by atoms with Crippen LogP contribution in [0.3, 0.4) is 0 Å². The van der Waals surface area contributed by atoms with Crippen molar-refractivity contribution >= 4 is 5.69 Å². The van der Waals surface area contributed by atoms with Crippen molar-refractivity contribution in [3.05, 3.63) is 29.8 Å². The third-order valence-corrected chi connectivity index (χ3v) is 3.61. The molecule has 1 heterocycles. The van der Waals surface area contributed by atoms with E-state index in [1.165, 1.54) is 32.4 Å². The van der Waals surface area contributed by atoms with E-state index in [0.717, 1.165) is 12.2 Å². The van der Waals surface area contributed by atoms with Gasteiger partial charge in [0.15, 0.2) is 0 Å². The summed E-state index contributed by atoms with van der Waals surface area (Å²) in [6.07, 6.45) is 4.03. The number of hydrogen-bond donors (Lipinski definition) is 1. The number of benzene rings is 1. The van der Waals surface area contributed by atoms with Crippen LogP contribution in [0.2, 0.25) is 0 Å². The molecule has 0 aliphatic carbocycles. The van der Waals surface area contributed by atoms with Gasteiger partial charge in [-0.15, -0.1) is 0 Å². The van der Waals surface area contributed by atoms with Crippen molar-refractivity contribution in [1.82, 2.24) is 4.90 Å². The lowest BCUT2D eigenvalue weighted by atomic mass is 10.1. The molecule has 0 spiro atoms. The maximum atomic E-state index is 8.86. The fourth-order valence-corrected chi connectivity index (χ4v) is 2.45. The number of nitriles is 1. The largest absolute Gasteiger partial charge is 0.383 e. The summed E-state index contributed by atoms with van der Waals surface area (Å²) < 4.78 is 0. The summed E-state index contributed by atoms with van der Waals surface area (Å²) in [5, 5.41) is 12.3. The fourth-order valence-electron chi connectivity index (χ4n) is 2.45. The molecule has 3 nitrogen and oxygen atoms in total. The van der Waals surface area contributed by atoms with Gasteiger partial charge in [0.25, 0.3) is 0 Å². The Morgan fingerprint density at radius 1 is 1.33 bits per heavy atom. The maximum absolute atomic E-state index is 8.86. The van der Waals surface area contributed by atoms with Crippen LogP contribution in [0.4, 0.5) is 5.69 Å². The molecule has 1 N–H and O–H groups in total.